The van der Waals surface area contributed by atoms with Crippen LogP contribution < -0.4 is 5.32 Å². The number of carbonyl (C=O) groups is 2. The molecule has 0 radical (unpaired) electrons. The van der Waals surface area contributed by atoms with Crippen LogP contribution in [0.3, 0.4) is 0 Å². The normalized spacial score (nSPS) is 10.2. The van der Waals surface area contributed by atoms with Crippen molar-refractivity contribution in [2.45, 2.75) is 13.3 Å². The summed E-state index contributed by atoms with van der Waals surface area (Å²) in [6, 6.07) is 6.55. The highest BCUT2D eigenvalue weighted by molar-refractivity contribution is 5.87. The van der Waals surface area contributed by atoms with E-state index in [0.29, 0.717) is 32.7 Å². The Labute approximate surface area is 124 Å². The molecule has 0 spiro atoms. The monoisotopic (exact) mass is 294 g/mol. The number of carboxylic acid groups (broad SMARTS) is 1. The first-order valence-corrected chi connectivity index (χ1v) is 6.93. The molecule has 0 heterocycles. The van der Waals surface area contributed by atoms with Crippen molar-refractivity contribution in [1.29, 1.82) is 0 Å². The van der Waals surface area contributed by atoms with Crippen molar-refractivity contribution in [3.63, 3.8) is 0 Å². The van der Waals surface area contributed by atoms with Crippen molar-refractivity contribution in [2.24, 2.45) is 0 Å². The lowest BCUT2D eigenvalue weighted by Gasteiger charge is -2.17. The van der Waals surface area contributed by atoms with Gasteiger partial charge in [-0.3, -0.25) is 0 Å². The molecule has 0 saturated carbocycles. The Hall–Kier alpha value is -2.08. The van der Waals surface area contributed by atoms with Crippen molar-refractivity contribution in [2.75, 3.05) is 33.4 Å². The highest BCUT2D eigenvalue weighted by atomic mass is 16.5. The first kappa shape index (κ1) is 17.0. The lowest BCUT2D eigenvalue weighted by Crippen LogP contribution is -2.39. The number of ether oxygens (including phenoxy) is 1. The predicted molar refractivity (Wildman–Crippen MR) is 79.6 cm³/mol. The van der Waals surface area contributed by atoms with E-state index < -0.39 is 5.97 Å². The number of carboxylic acids is 1. The fourth-order valence-electron chi connectivity index (χ4n) is 1.76. The van der Waals surface area contributed by atoms with Crippen molar-refractivity contribution < 1.29 is 19.4 Å². The second-order valence-corrected chi connectivity index (χ2v) is 4.61. The SMILES string of the molecule is CCOCCN(C)C(=O)NCCc1cccc(C(=O)O)c1. The van der Waals surface area contributed by atoms with Gasteiger partial charge in [-0.25, -0.2) is 9.59 Å². The highest BCUT2D eigenvalue weighted by Gasteiger charge is 2.08. The maximum absolute atomic E-state index is 11.8. The van der Waals surface area contributed by atoms with E-state index in [9.17, 15) is 9.59 Å². The molecule has 0 aliphatic heterocycles. The second kappa shape index (κ2) is 8.97. The first-order chi connectivity index (χ1) is 10.0. The highest BCUT2D eigenvalue weighted by Crippen LogP contribution is 2.05. The van der Waals surface area contributed by atoms with Crippen molar-refractivity contribution in [1.82, 2.24) is 10.2 Å². The van der Waals surface area contributed by atoms with E-state index in [4.69, 9.17) is 9.84 Å². The summed E-state index contributed by atoms with van der Waals surface area (Å²) in [7, 11) is 1.71. The summed E-state index contributed by atoms with van der Waals surface area (Å²) < 4.78 is 5.19. The van der Waals surface area contributed by atoms with Crippen LogP contribution in [0.5, 0.6) is 0 Å². The van der Waals surface area contributed by atoms with Gasteiger partial charge in [-0.15, -0.1) is 0 Å². The van der Waals surface area contributed by atoms with Crippen LogP contribution in [0, 0.1) is 0 Å². The van der Waals surface area contributed by atoms with Crippen molar-refractivity contribution in [3.8, 4) is 0 Å². The smallest absolute Gasteiger partial charge is 0.335 e. The summed E-state index contributed by atoms with van der Waals surface area (Å²) in [6.07, 6.45) is 0.589. The number of rotatable bonds is 8. The molecule has 1 aromatic rings. The number of nitrogens with one attached hydrogen (secondary N) is 1. The molecule has 2 amide bonds. The number of urea groups is 1. The van der Waals surface area contributed by atoms with Gasteiger partial charge in [-0.2, -0.15) is 0 Å². The van der Waals surface area contributed by atoms with Crippen LogP contribution in [0.15, 0.2) is 24.3 Å². The average Bonchev–Trinajstić information content (AvgIpc) is 2.47. The first-order valence-electron chi connectivity index (χ1n) is 6.93. The Balaban J connectivity index is 2.34. The lowest BCUT2D eigenvalue weighted by atomic mass is 10.1. The van der Waals surface area contributed by atoms with Gasteiger partial charge in [0, 0.05) is 26.7 Å². The molecule has 0 saturated heterocycles. The quantitative estimate of drug-likeness (QED) is 0.714. The molecule has 0 bridgehead atoms. The Kier molecular flexibility index (Phi) is 7.25. The molecule has 0 aliphatic rings. The van der Waals surface area contributed by atoms with Gasteiger partial charge in [-0.1, -0.05) is 12.1 Å². The Morgan fingerprint density at radius 1 is 1.38 bits per heavy atom. The van der Waals surface area contributed by atoms with Crippen LogP contribution in [0.4, 0.5) is 4.79 Å². The fourth-order valence-corrected chi connectivity index (χ4v) is 1.76. The predicted octanol–water partition coefficient (Wildman–Crippen LogP) is 1.61. The lowest BCUT2D eigenvalue weighted by molar-refractivity contribution is 0.0696. The van der Waals surface area contributed by atoms with Crippen LogP contribution >= 0.6 is 0 Å². The van der Waals surface area contributed by atoms with Crippen LogP contribution in [-0.4, -0.2) is 55.4 Å². The Morgan fingerprint density at radius 3 is 2.81 bits per heavy atom. The van der Waals surface area contributed by atoms with Crippen molar-refractivity contribution >= 4 is 12.0 Å². The number of aromatic carboxylic acids is 1. The van der Waals surface area contributed by atoms with Gasteiger partial charge in [0.05, 0.1) is 12.2 Å². The van der Waals surface area contributed by atoms with Gasteiger partial charge >= 0.3 is 12.0 Å². The Bertz CT molecular complexity index is 476. The number of hydrogen-bond acceptors (Lipinski definition) is 3. The van der Waals surface area contributed by atoms with Gasteiger partial charge in [0.1, 0.15) is 0 Å². The summed E-state index contributed by atoms with van der Waals surface area (Å²) >= 11 is 0. The topological polar surface area (TPSA) is 78.9 Å². The second-order valence-electron chi connectivity index (χ2n) is 4.61. The molecule has 0 fully saturated rings. The molecule has 6 nitrogen and oxygen atoms in total. The minimum atomic E-state index is -0.948. The minimum absolute atomic E-state index is 0.163. The maximum atomic E-state index is 11.8. The number of carbonyl (C=O) groups excluding carboxylic acids is 1. The molecular weight excluding hydrogens is 272 g/mol. The molecule has 1 aromatic carbocycles. The zero-order chi connectivity index (χ0) is 15.7. The minimum Gasteiger partial charge on any atom is -0.478 e. The summed E-state index contributed by atoms with van der Waals surface area (Å²) in [4.78, 5) is 24.2. The molecular formula is C15H22N2O4. The zero-order valence-corrected chi connectivity index (χ0v) is 12.5. The van der Waals surface area contributed by atoms with E-state index in [1.165, 1.54) is 0 Å². The van der Waals surface area contributed by atoms with Crippen LogP contribution in [0.2, 0.25) is 0 Å². The molecule has 1 rings (SSSR count). The number of benzene rings is 1. The molecule has 2 N–H and O–H groups in total. The molecule has 0 aromatic heterocycles. The number of nitrogens with zero attached hydrogens (tertiary/aromatic N) is 1. The van der Waals surface area contributed by atoms with E-state index in [-0.39, 0.29) is 11.6 Å². The van der Waals surface area contributed by atoms with Crippen LogP contribution in [0.25, 0.3) is 0 Å². The van der Waals surface area contributed by atoms with Crippen LogP contribution in [0.1, 0.15) is 22.8 Å². The fraction of sp³-hybridized carbons (Fsp3) is 0.467. The molecule has 21 heavy (non-hydrogen) atoms. The largest absolute Gasteiger partial charge is 0.478 e. The zero-order valence-electron chi connectivity index (χ0n) is 12.5. The van der Waals surface area contributed by atoms with Gasteiger partial charge in [0.15, 0.2) is 0 Å². The number of hydrogen-bond donors (Lipinski definition) is 2. The average molecular weight is 294 g/mol. The van der Waals surface area contributed by atoms with Gasteiger partial charge < -0.3 is 20.1 Å². The molecule has 0 atom stereocenters. The molecule has 0 aliphatic carbocycles. The molecule has 6 heteroatoms. The van der Waals surface area contributed by atoms with E-state index in [2.05, 4.69) is 5.32 Å². The summed E-state index contributed by atoms with van der Waals surface area (Å²) in [5, 5.41) is 11.7. The van der Waals surface area contributed by atoms with Crippen LogP contribution in [-0.2, 0) is 11.2 Å². The summed E-state index contributed by atoms with van der Waals surface area (Å²) in [5.41, 5.74) is 1.14. The van der Waals surface area contributed by atoms with E-state index in [0.717, 1.165) is 5.56 Å². The molecule has 116 valence electrons. The number of amides is 2. The number of likely N-dealkylation sites (N-methyl/N-ethyl adjacent to an activating group) is 1. The van der Waals surface area contributed by atoms with E-state index >= 15 is 0 Å². The molecule has 0 unspecified atom stereocenters. The summed E-state index contributed by atoms with van der Waals surface area (Å²) in [5.74, 6) is -0.948. The van der Waals surface area contributed by atoms with Gasteiger partial charge in [-0.05, 0) is 31.0 Å². The van der Waals surface area contributed by atoms with Crippen molar-refractivity contribution in [3.05, 3.63) is 35.4 Å². The summed E-state index contributed by atoms with van der Waals surface area (Å²) in [6.45, 7) is 4.05. The van der Waals surface area contributed by atoms with Gasteiger partial charge in [0.2, 0.25) is 0 Å². The standard InChI is InChI=1S/C15H22N2O4/c1-3-21-10-9-17(2)15(20)16-8-7-12-5-4-6-13(11-12)14(18)19/h4-6,11H,3,7-10H2,1-2H3,(H,16,20)(H,18,19). The van der Waals surface area contributed by atoms with E-state index in [1.807, 2.05) is 13.0 Å². The third kappa shape index (κ3) is 6.27. The Morgan fingerprint density at radius 2 is 2.14 bits per heavy atom. The maximum Gasteiger partial charge on any atom is 0.335 e. The van der Waals surface area contributed by atoms with E-state index in [1.54, 1.807) is 30.1 Å². The van der Waals surface area contributed by atoms with Gasteiger partial charge in [0.25, 0.3) is 0 Å². The third-order valence-corrected chi connectivity index (χ3v) is 2.99. The third-order valence-electron chi connectivity index (χ3n) is 2.99.